The Morgan fingerprint density at radius 1 is 1.15 bits per heavy atom. The Balaban J connectivity index is 1.42. The largest absolute Gasteiger partial charge is 0.352 e. The molecule has 2 aromatic rings. The Kier molecular flexibility index (Phi) is 6.60. The molecule has 140 valence electrons. The maximum Gasteiger partial charge on any atom is 0.253 e. The van der Waals surface area contributed by atoms with Crippen molar-refractivity contribution in [2.24, 2.45) is 5.92 Å². The topological polar surface area (TPSA) is 62.3 Å². The summed E-state index contributed by atoms with van der Waals surface area (Å²) in [5.41, 5.74) is 1.48. The molecule has 0 saturated carbocycles. The zero-order valence-corrected chi connectivity index (χ0v) is 15.7. The molecule has 1 aliphatic rings. The first-order valence-corrected chi connectivity index (χ1v) is 9.41. The van der Waals surface area contributed by atoms with Gasteiger partial charge in [0.05, 0.1) is 0 Å². The Morgan fingerprint density at radius 2 is 1.85 bits per heavy atom. The van der Waals surface area contributed by atoms with Crippen LogP contribution in [0.3, 0.4) is 0 Å². The van der Waals surface area contributed by atoms with E-state index < -0.39 is 0 Å². The van der Waals surface area contributed by atoms with E-state index in [2.05, 4.69) is 10.3 Å². The smallest absolute Gasteiger partial charge is 0.253 e. The second-order valence-electron chi connectivity index (χ2n) is 6.57. The van der Waals surface area contributed by atoms with E-state index in [0.717, 1.165) is 18.4 Å². The van der Waals surface area contributed by atoms with Crippen LogP contribution in [0.1, 0.15) is 28.8 Å². The molecule has 3 rings (SSSR count). The average Bonchev–Trinajstić information content (AvgIpc) is 2.72. The molecule has 27 heavy (non-hydrogen) atoms. The molecular weight excluding hydrogens is 362 g/mol. The molecule has 0 aliphatic carbocycles. The number of amides is 2. The molecule has 1 N–H and O–H groups in total. The van der Waals surface area contributed by atoms with Gasteiger partial charge in [0, 0.05) is 48.7 Å². The fourth-order valence-corrected chi connectivity index (χ4v) is 3.30. The van der Waals surface area contributed by atoms with Crippen LogP contribution in [0.25, 0.3) is 6.08 Å². The number of carbonyl (C=O) groups excluding carboxylic acids is 2. The number of piperidine rings is 1. The van der Waals surface area contributed by atoms with Gasteiger partial charge in [-0.05, 0) is 48.6 Å². The minimum Gasteiger partial charge on any atom is -0.352 e. The zero-order valence-electron chi connectivity index (χ0n) is 15.0. The van der Waals surface area contributed by atoms with E-state index in [1.165, 1.54) is 6.08 Å². The van der Waals surface area contributed by atoms with Crippen LogP contribution in [-0.2, 0) is 4.79 Å². The van der Waals surface area contributed by atoms with Gasteiger partial charge < -0.3 is 10.2 Å². The third kappa shape index (κ3) is 5.41. The van der Waals surface area contributed by atoms with Gasteiger partial charge in [0.2, 0.25) is 5.91 Å². The van der Waals surface area contributed by atoms with Gasteiger partial charge in [-0.15, -0.1) is 0 Å². The van der Waals surface area contributed by atoms with Crippen LogP contribution in [0.15, 0.2) is 54.9 Å². The van der Waals surface area contributed by atoms with Crippen molar-refractivity contribution >= 4 is 29.5 Å². The molecule has 0 bridgehead atoms. The highest BCUT2D eigenvalue weighted by molar-refractivity contribution is 6.32. The number of nitrogens with one attached hydrogen (secondary N) is 1. The second-order valence-corrected chi connectivity index (χ2v) is 6.98. The first-order chi connectivity index (χ1) is 13.1. The quantitative estimate of drug-likeness (QED) is 0.805. The summed E-state index contributed by atoms with van der Waals surface area (Å²) in [5.74, 6) is 0.289. The van der Waals surface area contributed by atoms with E-state index in [1.54, 1.807) is 36.7 Å². The van der Waals surface area contributed by atoms with E-state index in [9.17, 15) is 9.59 Å². The van der Waals surface area contributed by atoms with Gasteiger partial charge in [-0.3, -0.25) is 14.6 Å². The average molecular weight is 384 g/mol. The van der Waals surface area contributed by atoms with Gasteiger partial charge in [-0.2, -0.15) is 0 Å². The van der Waals surface area contributed by atoms with Gasteiger partial charge in [-0.25, -0.2) is 0 Å². The van der Waals surface area contributed by atoms with Crippen LogP contribution in [0.2, 0.25) is 5.02 Å². The number of hydrogen-bond acceptors (Lipinski definition) is 3. The number of nitrogens with zero attached hydrogens (tertiary/aromatic N) is 2. The zero-order chi connectivity index (χ0) is 19.1. The first kappa shape index (κ1) is 19.1. The molecule has 1 aliphatic heterocycles. The summed E-state index contributed by atoms with van der Waals surface area (Å²) in [5, 5.41) is 3.56. The molecule has 2 amide bonds. The fraction of sp³-hybridized carbons (Fsp3) is 0.286. The highest BCUT2D eigenvalue weighted by atomic mass is 35.5. The van der Waals surface area contributed by atoms with Crippen molar-refractivity contribution in [1.82, 2.24) is 15.2 Å². The molecule has 2 heterocycles. The normalized spacial score (nSPS) is 15.1. The summed E-state index contributed by atoms with van der Waals surface area (Å²) < 4.78 is 0. The molecule has 1 saturated heterocycles. The van der Waals surface area contributed by atoms with Crippen LogP contribution in [0.5, 0.6) is 0 Å². The number of pyridine rings is 1. The molecule has 1 aromatic heterocycles. The molecular formula is C21H22ClN3O2. The van der Waals surface area contributed by atoms with Crippen molar-refractivity contribution in [3.63, 3.8) is 0 Å². The molecule has 1 aromatic carbocycles. The third-order valence-corrected chi connectivity index (χ3v) is 5.06. The first-order valence-electron chi connectivity index (χ1n) is 9.03. The van der Waals surface area contributed by atoms with E-state index in [0.29, 0.717) is 36.1 Å². The molecule has 5 nitrogen and oxygen atoms in total. The van der Waals surface area contributed by atoms with Crippen LogP contribution >= 0.6 is 11.6 Å². The number of aromatic nitrogens is 1. The number of hydrogen-bond donors (Lipinski definition) is 1. The summed E-state index contributed by atoms with van der Waals surface area (Å²) in [4.78, 5) is 30.3. The summed E-state index contributed by atoms with van der Waals surface area (Å²) >= 11 is 6.07. The third-order valence-electron chi connectivity index (χ3n) is 4.71. The monoisotopic (exact) mass is 383 g/mol. The Labute approximate surface area is 164 Å². The predicted molar refractivity (Wildman–Crippen MR) is 106 cm³/mol. The van der Waals surface area contributed by atoms with Crippen molar-refractivity contribution in [2.75, 3.05) is 19.6 Å². The van der Waals surface area contributed by atoms with Crippen molar-refractivity contribution in [3.8, 4) is 0 Å². The molecule has 0 atom stereocenters. The van der Waals surface area contributed by atoms with E-state index in [1.807, 2.05) is 23.1 Å². The maximum absolute atomic E-state index is 12.4. The van der Waals surface area contributed by atoms with Gasteiger partial charge in [0.25, 0.3) is 5.91 Å². The number of rotatable bonds is 5. The minimum absolute atomic E-state index is 0.0440. The number of halogens is 1. The summed E-state index contributed by atoms with van der Waals surface area (Å²) in [6.07, 6.45) is 8.24. The maximum atomic E-state index is 12.4. The van der Waals surface area contributed by atoms with Crippen LogP contribution in [0.4, 0.5) is 0 Å². The highest BCUT2D eigenvalue weighted by Gasteiger charge is 2.23. The minimum atomic E-state index is -0.134. The fourth-order valence-electron chi connectivity index (χ4n) is 3.10. The lowest BCUT2D eigenvalue weighted by Crippen LogP contribution is -2.41. The standard InChI is InChI=1S/C21H22ClN3O2/c22-19-4-2-1-3-17(19)5-6-20(26)24-15-16-9-13-25(14-10-16)21(27)18-7-11-23-12-8-18/h1-8,11-12,16H,9-10,13-15H2,(H,24,26)/b6-5+. The number of likely N-dealkylation sites (tertiary alicyclic amines) is 1. The van der Waals surface area contributed by atoms with Gasteiger partial charge in [0.1, 0.15) is 0 Å². The summed E-state index contributed by atoms with van der Waals surface area (Å²) in [6.45, 7) is 2.03. The second kappa shape index (κ2) is 9.33. The van der Waals surface area contributed by atoms with Crippen LogP contribution in [-0.4, -0.2) is 41.3 Å². The van der Waals surface area contributed by atoms with Crippen LogP contribution in [0, 0.1) is 5.92 Å². The molecule has 0 unspecified atom stereocenters. The SMILES string of the molecule is O=C(/C=C/c1ccccc1Cl)NCC1CCN(C(=O)c2ccncc2)CC1. The van der Waals surface area contributed by atoms with E-state index >= 15 is 0 Å². The molecule has 6 heteroatoms. The lowest BCUT2D eigenvalue weighted by molar-refractivity contribution is -0.116. The van der Waals surface area contributed by atoms with E-state index in [4.69, 9.17) is 11.6 Å². The summed E-state index contributed by atoms with van der Waals surface area (Å²) in [6, 6.07) is 10.9. The lowest BCUT2D eigenvalue weighted by Gasteiger charge is -2.32. The molecule has 0 spiro atoms. The molecule has 1 fully saturated rings. The van der Waals surface area contributed by atoms with Crippen molar-refractivity contribution < 1.29 is 9.59 Å². The lowest BCUT2D eigenvalue weighted by atomic mass is 9.96. The van der Waals surface area contributed by atoms with Gasteiger partial charge in [0.15, 0.2) is 0 Å². The Bertz CT molecular complexity index is 815. The highest BCUT2D eigenvalue weighted by Crippen LogP contribution is 2.19. The Morgan fingerprint density at radius 3 is 2.56 bits per heavy atom. The number of carbonyl (C=O) groups is 2. The Hall–Kier alpha value is -2.66. The number of benzene rings is 1. The summed E-state index contributed by atoms with van der Waals surface area (Å²) in [7, 11) is 0. The van der Waals surface area contributed by atoms with Crippen molar-refractivity contribution in [3.05, 3.63) is 71.0 Å². The van der Waals surface area contributed by atoms with Crippen molar-refractivity contribution in [2.45, 2.75) is 12.8 Å². The van der Waals surface area contributed by atoms with E-state index in [-0.39, 0.29) is 11.8 Å². The van der Waals surface area contributed by atoms with Crippen LogP contribution < -0.4 is 5.32 Å². The molecule has 0 radical (unpaired) electrons. The van der Waals surface area contributed by atoms with Gasteiger partial charge >= 0.3 is 0 Å². The van der Waals surface area contributed by atoms with Crippen molar-refractivity contribution in [1.29, 1.82) is 0 Å². The predicted octanol–water partition coefficient (Wildman–Crippen LogP) is 3.42. The van der Waals surface area contributed by atoms with Gasteiger partial charge in [-0.1, -0.05) is 29.8 Å².